The van der Waals surface area contributed by atoms with E-state index in [1.807, 2.05) is 31.2 Å². The molecule has 2 aromatic rings. The number of hydrogen-bond acceptors (Lipinski definition) is 4. The van der Waals surface area contributed by atoms with Crippen molar-refractivity contribution in [3.05, 3.63) is 41.2 Å². The fourth-order valence-corrected chi connectivity index (χ4v) is 3.47. The first-order valence-electron chi connectivity index (χ1n) is 9.80. The zero-order valence-corrected chi connectivity index (χ0v) is 16.4. The van der Waals surface area contributed by atoms with Crippen LogP contribution in [0.25, 0.3) is 0 Å². The summed E-state index contributed by atoms with van der Waals surface area (Å²) in [6.45, 7) is 4.04. The fourth-order valence-electron chi connectivity index (χ4n) is 3.47. The van der Waals surface area contributed by atoms with E-state index < -0.39 is 0 Å². The molecule has 1 saturated carbocycles. The predicted octanol–water partition coefficient (Wildman–Crippen LogP) is 4.18. The number of amides is 1. The molecule has 1 heterocycles. The maximum Gasteiger partial charge on any atom is 0.272 e. The SMILES string of the molecule is CCCc1cc(C(=O)NC(C)c2ccc(OC3CCCC3)c(OC)c2)n[nH]1. The van der Waals surface area contributed by atoms with E-state index in [4.69, 9.17) is 9.47 Å². The normalized spacial score (nSPS) is 15.5. The van der Waals surface area contributed by atoms with Crippen molar-refractivity contribution in [3.8, 4) is 11.5 Å². The molecule has 1 unspecified atom stereocenters. The Hall–Kier alpha value is -2.50. The third kappa shape index (κ3) is 4.81. The first-order valence-corrected chi connectivity index (χ1v) is 9.80. The van der Waals surface area contributed by atoms with E-state index in [1.54, 1.807) is 7.11 Å². The lowest BCUT2D eigenvalue weighted by atomic mass is 10.1. The van der Waals surface area contributed by atoms with Crippen LogP contribution in [0.1, 0.15) is 73.7 Å². The topological polar surface area (TPSA) is 76.2 Å². The molecule has 0 saturated heterocycles. The molecular weight excluding hydrogens is 342 g/mol. The van der Waals surface area contributed by atoms with Gasteiger partial charge in [-0.05, 0) is 62.8 Å². The van der Waals surface area contributed by atoms with Crippen LogP contribution >= 0.6 is 0 Å². The third-order valence-corrected chi connectivity index (χ3v) is 5.01. The van der Waals surface area contributed by atoms with Crippen LogP contribution < -0.4 is 14.8 Å². The number of aryl methyl sites for hydroxylation is 1. The molecule has 3 rings (SSSR count). The number of nitrogens with one attached hydrogen (secondary N) is 2. The van der Waals surface area contributed by atoms with E-state index in [0.29, 0.717) is 11.4 Å². The number of benzene rings is 1. The van der Waals surface area contributed by atoms with Crippen LogP contribution in [-0.4, -0.2) is 29.3 Å². The lowest BCUT2D eigenvalue weighted by Crippen LogP contribution is -2.27. The number of rotatable bonds is 8. The van der Waals surface area contributed by atoms with E-state index in [-0.39, 0.29) is 18.1 Å². The van der Waals surface area contributed by atoms with Gasteiger partial charge in [0.05, 0.1) is 19.3 Å². The summed E-state index contributed by atoms with van der Waals surface area (Å²) in [6.07, 6.45) is 6.81. The van der Waals surface area contributed by atoms with Crippen LogP contribution in [-0.2, 0) is 6.42 Å². The van der Waals surface area contributed by atoms with Crippen molar-refractivity contribution in [1.29, 1.82) is 0 Å². The van der Waals surface area contributed by atoms with Crippen LogP contribution in [0.5, 0.6) is 11.5 Å². The van der Waals surface area contributed by atoms with Crippen molar-refractivity contribution >= 4 is 5.91 Å². The molecule has 1 aliphatic rings. The smallest absolute Gasteiger partial charge is 0.272 e. The first kappa shape index (κ1) is 19.3. The molecular formula is C21H29N3O3. The zero-order valence-electron chi connectivity index (χ0n) is 16.4. The Bertz CT molecular complexity index is 766. The molecule has 1 aromatic carbocycles. The van der Waals surface area contributed by atoms with Crippen LogP contribution in [0.3, 0.4) is 0 Å². The average Bonchev–Trinajstić information content (AvgIpc) is 3.34. The van der Waals surface area contributed by atoms with Crippen LogP contribution in [0.4, 0.5) is 0 Å². The monoisotopic (exact) mass is 371 g/mol. The van der Waals surface area contributed by atoms with E-state index in [1.165, 1.54) is 12.8 Å². The van der Waals surface area contributed by atoms with Gasteiger partial charge in [-0.25, -0.2) is 0 Å². The number of aromatic amines is 1. The van der Waals surface area contributed by atoms with E-state index in [2.05, 4.69) is 22.4 Å². The van der Waals surface area contributed by atoms with Gasteiger partial charge in [0.1, 0.15) is 5.69 Å². The largest absolute Gasteiger partial charge is 0.493 e. The highest BCUT2D eigenvalue weighted by Crippen LogP contribution is 2.33. The number of carbonyl (C=O) groups excluding carboxylic acids is 1. The van der Waals surface area contributed by atoms with Gasteiger partial charge in [-0.3, -0.25) is 9.89 Å². The molecule has 1 aromatic heterocycles. The highest BCUT2D eigenvalue weighted by molar-refractivity contribution is 5.92. The number of nitrogens with zero attached hydrogens (tertiary/aromatic N) is 1. The maximum absolute atomic E-state index is 12.4. The van der Waals surface area contributed by atoms with Crippen LogP contribution in [0.15, 0.2) is 24.3 Å². The molecule has 1 atom stereocenters. The van der Waals surface area contributed by atoms with Gasteiger partial charge in [0.2, 0.25) is 0 Å². The number of carbonyl (C=O) groups is 1. The minimum Gasteiger partial charge on any atom is -0.493 e. The van der Waals surface area contributed by atoms with Crippen molar-refractivity contribution in [2.75, 3.05) is 7.11 Å². The fraction of sp³-hybridized carbons (Fsp3) is 0.524. The number of H-pyrrole nitrogens is 1. The Morgan fingerprint density at radius 3 is 2.78 bits per heavy atom. The molecule has 0 bridgehead atoms. The van der Waals surface area contributed by atoms with Gasteiger partial charge in [-0.15, -0.1) is 0 Å². The molecule has 146 valence electrons. The number of hydrogen-bond donors (Lipinski definition) is 2. The molecule has 1 aliphatic carbocycles. The van der Waals surface area contributed by atoms with E-state index in [9.17, 15) is 4.79 Å². The van der Waals surface area contributed by atoms with Crippen molar-refractivity contribution in [1.82, 2.24) is 15.5 Å². The lowest BCUT2D eigenvalue weighted by Gasteiger charge is -2.19. The van der Waals surface area contributed by atoms with Crippen LogP contribution in [0, 0.1) is 0 Å². The molecule has 6 nitrogen and oxygen atoms in total. The Morgan fingerprint density at radius 2 is 2.07 bits per heavy atom. The number of ether oxygens (including phenoxy) is 2. The second-order valence-electron chi connectivity index (χ2n) is 7.16. The Labute approximate surface area is 160 Å². The molecule has 1 amide bonds. The van der Waals surface area contributed by atoms with Crippen LogP contribution in [0.2, 0.25) is 0 Å². The molecule has 1 fully saturated rings. The van der Waals surface area contributed by atoms with Gasteiger partial charge in [-0.1, -0.05) is 19.4 Å². The highest BCUT2D eigenvalue weighted by atomic mass is 16.5. The molecule has 27 heavy (non-hydrogen) atoms. The highest BCUT2D eigenvalue weighted by Gasteiger charge is 2.20. The van der Waals surface area contributed by atoms with Crippen molar-refractivity contribution in [2.24, 2.45) is 0 Å². The lowest BCUT2D eigenvalue weighted by molar-refractivity contribution is 0.0934. The minimum absolute atomic E-state index is 0.168. The standard InChI is InChI=1S/C21H29N3O3/c1-4-7-16-13-18(24-23-16)21(25)22-14(2)15-10-11-19(20(12-15)26-3)27-17-8-5-6-9-17/h10-14,17H,4-9H2,1-3H3,(H,22,25)(H,23,24). The van der Waals surface area contributed by atoms with Gasteiger partial charge >= 0.3 is 0 Å². The summed E-state index contributed by atoms with van der Waals surface area (Å²) in [6, 6.07) is 7.49. The summed E-state index contributed by atoms with van der Waals surface area (Å²) in [5, 5.41) is 10.0. The molecule has 0 radical (unpaired) electrons. The molecule has 2 N–H and O–H groups in total. The van der Waals surface area contributed by atoms with Gasteiger partial charge in [0.15, 0.2) is 11.5 Å². The van der Waals surface area contributed by atoms with E-state index in [0.717, 1.165) is 42.7 Å². The maximum atomic E-state index is 12.4. The summed E-state index contributed by atoms with van der Waals surface area (Å²) >= 11 is 0. The predicted molar refractivity (Wildman–Crippen MR) is 104 cm³/mol. The van der Waals surface area contributed by atoms with Crippen molar-refractivity contribution in [2.45, 2.75) is 64.5 Å². The number of aromatic nitrogens is 2. The second kappa shape index (κ2) is 8.93. The quantitative estimate of drug-likeness (QED) is 0.730. The minimum atomic E-state index is -0.189. The Kier molecular flexibility index (Phi) is 6.37. The van der Waals surface area contributed by atoms with Gasteiger partial charge < -0.3 is 14.8 Å². The second-order valence-corrected chi connectivity index (χ2v) is 7.16. The van der Waals surface area contributed by atoms with Gasteiger partial charge in [-0.2, -0.15) is 5.10 Å². The molecule has 6 heteroatoms. The molecule has 0 spiro atoms. The average molecular weight is 371 g/mol. The summed E-state index contributed by atoms with van der Waals surface area (Å²) in [5.74, 6) is 1.28. The summed E-state index contributed by atoms with van der Waals surface area (Å²) in [4.78, 5) is 12.4. The van der Waals surface area contributed by atoms with Crippen molar-refractivity contribution < 1.29 is 14.3 Å². The Balaban J connectivity index is 1.66. The van der Waals surface area contributed by atoms with E-state index >= 15 is 0 Å². The van der Waals surface area contributed by atoms with Gasteiger partial charge in [0.25, 0.3) is 5.91 Å². The van der Waals surface area contributed by atoms with Crippen molar-refractivity contribution in [3.63, 3.8) is 0 Å². The summed E-state index contributed by atoms with van der Waals surface area (Å²) in [7, 11) is 1.64. The summed E-state index contributed by atoms with van der Waals surface area (Å²) < 4.78 is 11.6. The third-order valence-electron chi connectivity index (χ3n) is 5.01. The van der Waals surface area contributed by atoms with Gasteiger partial charge in [0, 0.05) is 5.69 Å². The first-order chi connectivity index (χ1) is 13.1. The number of methoxy groups -OCH3 is 1. The Morgan fingerprint density at radius 1 is 1.30 bits per heavy atom. The zero-order chi connectivity index (χ0) is 19.2. The summed E-state index contributed by atoms with van der Waals surface area (Å²) in [5.41, 5.74) is 2.35. The molecule has 0 aliphatic heterocycles.